The van der Waals surface area contributed by atoms with Crippen LogP contribution in [0.25, 0.3) is 6.08 Å². The van der Waals surface area contributed by atoms with E-state index in [4.69, 9.17) is 4.74 Å². The lowest BCUT2D eigenvalue weighted by Crippen LogP contribution is -2.19. The number of carbonyl (C=O) groups is 2. The Bertz CT molecular complexity index is 580. The summed E-state index contributed by atoms with van der Waals surface area (Å²) < 4.78 is 4.80. The third-order valence-electron chi connectivity index (χ3n) is 3.35. The summed E-state index contributed by atoms with van der Waals surface area (Å²) in [6, 6.07) is 5.81. The van der Waals surface area contributed by atoms with Crippen molar-refractivity contribution in [1.82, 2.24) is 0 Å². The fraction of sp³-hybridized carbons (Fsp3) is 0.333. The Labute approximate surface area is 123 Å². The summed E-state index contributed by atoms with van der Waals surface area (Å²) >= 11 is 3.80. The molecule has 4 nitrogen and oxygen atoms in total. The van der Waals surface area contributed by atoms with Crippen LogP contribution in [0.3, 0.4) is 0 Å². The topological polar surface area (TPSA) is 46.6 Å². The first-order valence-electron chi connectivity index (χ1n) is 6.36. The van der Waals surface area contributed by atoms with E-state index in [1.54, 1.807) is 0 Å². The van der Waals surface area contributed by atoms with Crippen molar-refractivity contribution in [1.29, 1.82) is 0 Å². The summed E-state index contributed by atoms with van der Waals surface area (Å²) in [6.45, 7) is 0.749. The van der Waals surface area contributed by atoms with Gasteiger partial charge in [0.1, 0.15) is 0 Å². The lowest BCUT2D eigenvalue weighted by molar-refractivity contribution is -0.136. The van der Waals surface area contributed by atoms with E-state index in [9.17, 15) is 9.59 Å². The van der Waals surface area contributed by atoms with E-state index in [0.717, 1.165) is 23.4 Å². The SMILES string of the molecule is COC(=O)C1=Cc2cc(CC(=O)S)ccc2N(C)CC1. The summed E-state index contributed by atoms with van der Waals surface area (Å²) in [5.74, 6) is -0.304. The van der Waals surface area contributed by atoms with Gasteiger partial charge in [-0.05, 0) is 35.8 Å². The van der Waals surface area contributed by atoms with Crippen LogP contribution in [-0.4, -0.2) is 31.8 Å². The van der Waals surface area contributed by atoms with Crippen molar-refractivity contribution in [2.24, 2.45) is 0 Å². The van der Waals surface area contributed by atoms with Crippen molar-refractivity contribution in [2.75, 3.05) is 25.6 Å². The maximum atomic E-state index is 11.7. The fourth-order valence-electron chi connectivity index (χ4n) is 2.31. The molecule has 0 saturated heterocycles. The number of anilines is 1. The number of carbonyl (C=O) groups excluding carboxylic acids is 2. The number of rotatable bonds is 3. The number of esters is 1. The highest BCUT2D eigenvalue weighted by Gasteiger charge is 2.18. The minimum atomic E-state index is -0.304. The van der Waals surface area contributed by atoms with Crippen molar-refractivity contribution >= 4 is 35.5 Å². The molecule has 0 radical (unpaired) electrons. The Morgan fingerprint density at radius 1 is 1.40 bits per heavy atom. The summed E-state index contributed by atoms with van der Waals surface area (Å²) in [6.07, 6.45) is 2.76. The van der Waals surface area contributed by atoms with Crippen molar-refractivity contribution in [3.8, 4) is 0 Å². The second-order valence-corrected chi connectivity index (χ2v) is 5.30. The number of fused-ring (bicyclic) bond motifs is 1. The molecule has 0 bridgehead atoms. The van der Waals surface area contributed by atoms with Crippen molar-refractivity contribution in [3.05, 3.63) is 34.9 Å². The second kappa shape index (κ2) is 6.13. The minimum absolute atomic E-state index is 0.177. The summed E-state index contributed by atoms with van der Waals surface area (Å²) in [7, 11) is 3.37. The smallest absolute Gasteiger partial charge is 0.333 e. The Balaban J connectivity index is 2.43. The lowest BCUT2D eigenvalue weighted by Gasteiger charge is -2.19. The summed E-state index contributed by atoms with van der Waals surface area (Å²) in [5.41, 5.74) is 3.50. The molecule has 0 fully saturated rings. The molecule has 0 N–H and O–H groups in total. The number of methoxy groups -OCH3 is 1. The van der Waals surface area contributed by atoms with Gasteiger partial charge in [0.05, 0.1) is 7.11 Å². The Morgan fingerprint density at radius 2 is 2.15 bits per heavy atom. The van der Waals surface area contributed by atoms with Crippen molar-refractivity contribution in [2.45, 2.75) is 12.8 Å². The van der Waals surface area contributed by atoms with Gasteiger partial charge in [-0.15, -0.1) is 12.6 Å². The molecule has 1 heterocycles. The Kier molecular flexibility index (Phi) is 4.49. The maximum Gasteiger partial charge on any atom is 0.333 e. The van der Waals surface area contributed by atoms with Gasteiger partial charge in [0.25, 0.3) is 0 Å². The van der Waals surface area contributed by atoms with Gasteiger partial charge < -0.3 is 9.64 Å². The average Bonchev–Trinajstić information content (AvgIpc) is 2.56. The zero-order chi connectivity index (χ0) is 14.7. The highest BCUT2D eigenvalue weighted by Crippen LogP contribution is 2.28. The van der Waals surface area contributed by atoms with E-state index in [1.807, 2.05) is 31.3 Å². The first-order chi connectivity index (χ1) is 9.51. The molecule has 1 aromatic rings. The molecule has 20 heavy (non-hydrogen) atoms. The van der Waals surface area contributed by atoms with Crippen LogP contribution in [0, 0.1) is 0 Å². The van der Waals surface area contributed by atoms with Gasteiger partial charge in [-0.2, -0.15) is 0 Å². The molecule has 0 aliphatic carbocycles. The van der Waals surface area contributed by atoms with Crippen LogP contribution < -0.4 is 4.90 Å². The number of thiol groups is 1. The summed E-state index contributed by atoms with van der Waals surface area (Å²) in [5, 5.41) is -0.177. The first kappa shape index (κ1) is 14.7. The van der Waals surface area contributed by atoms with E-state index in [2.05, 4.69) is 17.5 Å². The van der Waals surface area contributed by atoms with E-state index in [-0.39, 0.29) is 17.5 Å². The third kappa shape index (κ3) is 3.22. The van der Waals surface area contributed by atoms with Crippen LogP contribution in [0.15, 0.2) is 23.8 Å². The van der Waals surface area contributed by atoms with Gasteiger partial charge in [0.2, 0.25) is 0 Å². The molecule has 0 aromatic heterocycles. The number of benzene rings is 1. The molecular weight excluding hydrogens is 274 g/mol. The molecule has 5 heteroatoms. The molecule has 0 saturated carbocycles. The van der Waals surface area contributed by atoms with E-state index >= 15 is 0 Å². The highest BCUT2D eigenvalue weighted by atomic mass is 32.1. The van der Waals surface area contributed by atoms with E-state index in [1.165, 1.54) is 7.11 Å². The molecular formula is C15H17NO3S. The zero-order valence-corrected chi connectivity index (χ0v) is 12.4. The van der Waals surface area contributed by atoms with Crippen LogP contribution in [0.2, 0.25) is 0 Å². The van der Waals surface area contributed by atoms with Crippen molar-refractivity contribution < 1.29 is 14.3 Å². The molecule has 0 atom stereocenters. The standard InChI is InChI=1S/C15H17NO3S/c1-16-6-5-11(15(18)19-2)9-12-7-10(8-14(17)20)3-4-13(12)16/h3-4,7,9H,5-6,8H2,1-2H3,(H,17,20). The van der Waals surface area contributed by atoms with Gasteiger partial charge in [-0.1, -0.05) is 6.07 Å². The molecule has 1 aliphatic rings. The Hall–Kier alpha value is -1.75. The van der Waals surface area contributed by atoms with Crippen LogP contribution in [0.5, 0.6) is 0 Å². The van der Waals surface area contributed by atoms with Crippen LogP contribution in [-0.2, 0) is 20.7 Å². The lowest BCUT2D eigenvalue weighted by atomic mass is 10.0. The minimum Gasteiger partial charge on any atom is -0.466 e. The number of hydrogen-bond acceptors (Lipinski definition) is 4. The predicted octanol–water partition coefficient (Wildman–Crippen LogP) is 2.08. The largest absolute Gasteiger partial charge is 0.466 e. The average molecular weight is 291 g/mol. The molecule has 0 unspecified atom stereocenters. The quantitative estimate of drug-likeness (QED) is 0.684. The van der Waals surface area contributed by atoms with Crippen LogP contribution in [0.4, 0.5) is 5.69 Å². The highest BCUT2D eigenvalue weighted by molar-refractivity contribution is 7.96. The number of hydrogen-bond donors (Lipinski definition) is 1. The van der Waals surface area contributed by atoms with Gasteiger partial charge in [-0.25, -0.2) is 4.79 Å². The molecule has 0 spiro atoms. The molecule has 106 valence electrons. The molecule has 1 aromatic carbocycles. The fourth-order valence-corrected chi connectivity index (χ4v) is 2.49. The maximum absolute atomic E-state index is 11.7. The monoisotopic (exact) mass is 291 g/mol. The molecule has 1 aliphatic heterocycles. The first-order valence-corrected chi connectivity index (χ1v) is 6.80. The van der Waals surface area contributed by atoms with Crippen molar-refractivity contribution in [3.63, 3.8) is 0 Å². The Morgan fingerprint density at radius 3 is 2.80 bits per heavy atom. The van der Waals surface area contributed by atoms with Crippen LogP contribution in [0.1, 0.15) is 17.5 Å². The zero-order valence-electron chi connectivity index (χ0n) is 11.5. The predicted molar refractivity (Wildman–Crippen MR) is 82.0 cm³/mol. The van der Waals surface area contributed by atoms with E-state index in [0.29, 0.717) is 12.0 Å². The normalized spacial score (nSPS) is 14.2. The number of nitrogens with zero attached hydrogens (tertiary/aromatic N) is 1. The van der Waals surface area contributed by atoms with E-state index < -0.39 is 0 Å². The van der Waals surface area contributed by atoms with Gasteiger partial charge in [0, 0.05) is 31.3 Å². The van der Waals surface area contributed by atoms with Crippen LogP contribution >= 0.6 is 12.6 Å². The third-order valence-corrected chi connectivity index (χ3v) is 3.51. The summed E-state index contributed by atoms with van der Waals surface area (Å²) in [4.78, 5) is 24.9. The van der Waals surface area contributed by atoms with Gasteiger partial charge in [-0.3, -0.25) is 4.79 Å². The molecule has 2 rings (SSSR count). The second-order valence-electron chi connectivity index (χ2n) is 4.80. The van der Waals surface area contributed by atoms with Gasteiger partial charge >= 0.3 is 5.97 Å². The van der Waals surface area contributed by atoms with Gasteiger partial charge in [0.15, 0.2) is 5.12 Å². The number of ether oxygens (including phenoxy) is 1. The molecule has 0 amide bonds.